The highest BCUT2D eigenvalue weighted by Crippen LogP contribution is 2.41. The second kappa shape index (κ2) is 13.0. The second-order valence-electron chi connectivity index (χ2n) is 13.3. The molecule has 0 saturated carbocycles. The van der Waals surface area contributed by atoms with Gasteiger partial charge in [-0.2, -0.15) is 4.31 Å². The van der Waals surface area contributed by atoms with Gasteiger partial charge < -0.3 is 15.8 Å². The van der Waals surface area contributed by atoms with E-state index in [4.69, 9.17) is 22.1 Å². The smallest absolute Gasteiger partial charge is 0.241 e. The van der Waals surface area contributed by atoms with Crippen molar-refractivity contribution in [2.45, 2.75) is 88.6 Å². The van der Waals surface area contributed by atoms with E-state index in [9.17, 15) is 13.2 Å². The van der Waals surface area contributed by atoms with Gasteiger partial charge in [-0.25, -0.2) is 12.8 Å². The first kappa shape index (κ1) is 31.9. The van der Waals surface area contributed by atoms with Gasteiger partial charge in [-0.15, -0.1) is 0 Å². The van der Waals surface area contributed by atoms with Crippen molar-refractivity contribution in [1.82, 2.24) is 9.21 Å². The van der Waals surface area contributed by atoms with E-state index in [1.54, 1.807) is 16.4 Å². The summed E-state index contributed by atoms with van der Waals surface area (Å²) in [5.74, 6) is -0.455. The number of carbonyl (C=O) groups excluding carboxylic acids is 1. The molecule has 3 N–H and O–H groups in total. The third kappa shape index (κ3) is 6.57. The van der Waals surface area contributed by atoms with Crippen LogP contribution in [0.15, 0.2) is 42.5 Å². The molecule has 0 aliphatic carbocycles. The van der Waals surface area contributed by atoms with E-state index in [-0.39, 0.29) is 47.7 Å². The van der Waals surface area contributed by atoms with E-state index in [0.717, 1.165) is 31.4 Å². The topological polar surface area (TPSA) is 105 Å². The molecule has 4 aliphatic heterocycles. The summed E-state index contributed by atoms with van der Waals surface area (Å²) in [5.41, 5.74) is 8.48. The van der Waals surface area contributed by atoms with Crippen LogP contribution in [0.2, 0.25) is 5.02 Å². The number of ether oxygens (including phenoxy) is 1. The number of nitrogens with two attached hydrogens (primary N) is 1. The number of hydrogen-bond acceptors (Lipinski definition) is 6. The fourth-order valence-corrected chi connectivity index (χ4v) is 9.76. The van der Waals surface area contributed by atoms with Gasteiger partial charge in [0, 0.05) is 60.0 Å². The first-order chi connectivity index (χ1) is 21.0. The summed E-state index contributed by atoms with van der Waals surface area (Å²) in [4.78, 5) is 16.2. The van der Waals surface area contributed by atoms with E-state index in [0.29, 0.717) is 54.6 Å². The molecule has 8 nitrogen and oxygen atoms in total. The highest BCUT2D eigenvalue weighted by molar-refractivity contribution is 7.89. The molecular weight excluding hydrogens is 603 g/mol. The zero-order valence-corrected chi connectivity index (χ0v) is 27.1. The van der Waals surface area contributed by atoms with Crippen molar-refractivity contribution in [1.29, 1.82) is 0 Å². The maximum Gasteiger partial charge on any atom is 0.241 e. The third-order valence-corrected chi connectivity index (χ3v) is 12.5. The quantitative estimate of drug-likeness (QED) is 0.381. The van der Waals surface area contributed by atoms with E-state index < -0.39 is 21.9 Å². The Hall–Kier alpha value is -2.08. The zero-order chi connectivity index (χ0) is 31.2. The van der Waals surface area contributed by atoms with E-state index in [1.165, 1.54) is 6.07 Å². The predicted octanol–water partition coefficient (Wildman–Crippen LogP) is 4.77. The van der Waals surface area contributed by atoms with Crippen LogP contribution in [-0.2, 0) is 26.0 Å². The number of sulfonamides is 1. The Morgan fingerprint density at radius 2 is 1.93 bits per heavy atom. The van der Waals surface area contributed by atoms with Crippen LogP contribution in [0, 0.1) is 17.7 Å². The number of amides is 1. The largest absolute Gasteiger partial charge is 0.378 e. The molecule has 4 fully saturated rings. The summed E-state index contributed by atoms with van der Waals surface area (Å²) >= 11 is 6.19. The Bertz CT molecular complexity index is 1460. The van der Waals surface area contributed by atoms with Gasteiger partial charge >= 0.3 is 0 Å². The summed E-state index contributed by atoms with van der Waals surface area (Å²) in [6.07, 6.45) is 4.01. The Morgan fingerprint density at radius 1 is 1.16 bits per heavy atom. The number of nitrogens with one attached hydrogen (secondary N) is 1. The maximum absolute atomic E-state index is 15.4. The van der Waals surface area contributed by atoms with Crippen molar-refractivity contribution in [3.8, 4) is 0 Å². The fraction of sp³-hybridized carbons (Fsp3) is 0.606. The molecule has 2 aromatic carbocycles. The lowest BCUT2D eigenvalue weighted by molar-refractivity contribution is -0.118. The number of nitrogens with zero attached hydrogens (tertiary/aromatic N) is 2. The number of piperazine rings is 1. The van der Waals surface area contributed by atoms with Crippen LogP contribution in [0.25, 0.3) is 0 Å². The average Bonchev–Trinajstić information content (AvgIpc) is 3.81. The van der Waals surface area contributed by atoms with Crippen molar-refractivity contribution in [3.05, 3.63) is 64.4 Å². The van der Waals surface area contributed by atoms with Gasteiger partial charge in [0.2, 0.25) is 15.9 Å². The first-order valence-electron chi connectivity index (χ1n) is 16.0. The summed E-state index contributed by atoms with van der Waals surface area (Å²) < 4.78 is 49.2. The number of anilines is 1. The Kier molecular flexibility index (Phi) is 9.40. The van der Waals surface area contributed by atoms with Crippen LogP contribution in [0.1, 0.15) is 63.0 Å². The van der Waals surface area contributed by atoms with Crippen molar-refractivity contribution in [2.75, 3.05) is 30.8 Å². The molecule has 1 amide bonds. The number of benzene rings is 2. The standard InChI is InChI=1S/C33H44ClFN4O4S/c1-20(2)30-17-22(14-15-43-30)31(21-8-10-23(34)11-9-21)32(36)33(40)37-27-7-3-6-26(35)25(27)12-13-28-29-19-38(29)24-5-4-16-44(41,42)39(28)18-24/h3,6-11,20,22,24,28-32H,4-5,12-19,36H2,1-2H3,(H,37,40). The van der Waals surface area contributed by atoms with Crippen molar-refractivity contribution < 1.29 is 22.3 Å². The zero-order valence-electron chi connectivity index (χ0n) is 25.5. The lowest BCUT2D eigenvalue weighted by Crippen LogP contribution is -2.53. The minimum absolute atomic E-state index is 0.0825. The number of rotatable bonds is 9. The SMILES string of the molecule is CC(C)C1CC(C(c2ccc(Cl)cc2)C(N)C(=O)Nc2cccc(F)c2CCC2C3CN3C3CCCS(=O)(=O)N2C3)CCO1. The predicted molar refractivity (Wildman–Crippen MR) is 171 cm³/mol. The summed E-state index contributed by atoms with van der Waals surface area (Å²) in [7, 11) is -3.35. The molecule has 0 aromatic heterocycles. The molecular formula is C33H44ClFN4O4S. The molecule has 4 saturated heterocycles. The average molecular weight is 647 g/mol. The lowest BCUT2D eigenvalue weighted by atomic mass is 9.74. The molecule has 11 heteroatoms. The molecule has 2 bridgehead atoms. The number of carbonyl (C=O) groups is 1. The molecule has 4 aliphatic rings. The van der Waals surface area contributed by atoms with Gasteiger partial charge in [0.05, 0.1) is 17.9 Å². The van der Waals surface area contributed by atoms with Gasteiger partial charge in [-0.3, -0.25) is 9.69 Å². The number of fused-ring (bicyclic) bond motifs is 4. The maximum atomic E-state index is 15.4. The fourth-order valence-electron chi connectivity index (χ4n) is 7.81. The first-order valence-corrected chi connectivity index (χ1v) is 18.0. The van der Waals surface area contributed by atoms with Crippen molar-refractivity contribution in [3.63, 3.8) is 0 Å². The summed E-state index contributed by atoms with van der Waals surface area (Å²) in [6, 6.07) is 11.5. The van der Waals surface area contributed by atoms with Crippen LogP contribution in [0.5, 0.6) is 0 Å². The summed E-state index contributed by atoms with van der Waals surface area (Å²) in [6.45, 7) is 6.27. The minimum Gasteiger partial charge on any atom is -0.378 e. The van der Waals surface area contributed by atoms with Crippen LogP contribution in [0.3, 0.4) is 0 Å². The highest BCUT2D eigenvalue weighted by Gasteiger charge is 2.55. The monoisotopic (exact) mass is 646 g/mol. The van der Waals surface area contributed by atoms with Gasteiger partial charge in [-0.05, 0) is 80.2 Å². The molecule has 6 rings (SSSR count). The molecule has 44 heavy (non-hydrogen) atoms. The van der Waals surface area contributed by atoms with E-state index in [2.05, 4.69) is 24.1 Å². The van der Waals surface area contributed by atoms with Crippen LogP contribution in [-0.4, -0.2) is 79.3 Å². The second-order valence-corrected chi connectivity index (χ2v) is 15.8. The molecule has 4 heterocycles. The Labute approximate surface area is 265 Å². The van der Waals surface area contributed by atoms with Gasteiger partial charge in [0.15, 0.2) is 0 Å². The molecule has 0 spiro atoms. The summed E-state index contributed by atoms with van der Waals surface area (Å²) in [5, 5.41) is 3.57. The van der Waals surface area contributed by atoms with Crippen molar-refractivity contribution in [2.24, 2.45) is 17.6 Å². The van der Waals surface area contributed by atoms with Gasteiger partial charge in [-0.1, -0.05) is 43.6 Å². The molecule has 2 aromatic rings. The van der Waals surface area contributed by atoms with Crippen LogP contribution < -0.4 is 11.1 Å². The van der Waals surface area contributed by atoms with Crippen LogP contribution in [0.4, 0.5) is 10.1 Å². The molecule has 9 unspecified atom stereocenters. The Balaban J connectivity index is 1.21. The normalized spacial score (nSPS) is 32.3. The molecule has 240 valence electrons. The van der Waals surface area contributed by atoms with Gasteiger partial charge in [0.1, 0.15) is 5.82 Å². The Morgan fingerprint density at radius 3 is 2.68 bits per heavy atom. The molecule has 0 radical (unpaired) electrons. The minimum atomic E-state index is -3.35. The van der Waals surface area contributed by atoms with E-state index in [1.807, 2.05) is 24.3 Å². The van der Waals surface area contributed by atoms with Crippen LogP contribution >= 0.6 is 11.6 Å². The number of hydrogen-bond donors (Lipinski definition) is 2. The van der Waals surface area contributed by atoms with Gasteiger partial charge in [0.25, 0.3) is 0 Å². The van der Waals surface area contributed by atoms with Crippen molar-refractivity contribution >= 4 is 33.2 Å². The molecule has 9 atom stereocenters. The highest BCUT2D eigenvalue weighted by atomic mass is 35.5. The van der Waals surface area contributed by atoms with E-state index >= 15 is 4.39 Å². The third-order valence-electron chi connectivity index (χ3n) is 10.3. The lowest BCUT2D eigenvalue weighted by Gasteiger charge is -2.38. The number of halogens is 2.